The number of nitrogens with one attached hydrogen (secondary N) is 1. The molecule has 1 spiro atoms. The van der Waals surface area contributed by atoms with Crippen LogP contribution in [0.5, 0.6) is 0 Å². The van der Waals surface area contributed by atoms with Gasteiger partial charge >= 0.3 is 6.09 Å². The standard InChI is InChI=1S/C14H16N6O3/c21-12(10-2-6-20-11(8-10)16-17-18-20)19-5-1-3-14(4-7-19)9-15-13(22)23-14/h2,6,8H,1,3-5,7,9H2,(H,15,22)/t14-/m0/s1. The Hall–Kier alpha value is -2.71. The van der Waals surface area contributed by atoms with Gasteiger partial charge in [-0.25, -0.2) is 9.31 Å². The lowest BCUT2D eigenvalue weighted by atomic mass is 9.95. The number of carbonyl (C=O) groups is 2. The Kier molecular flexibility index (Phi) is 3.14. The number of carbonyl (C=O) groups excluding carboxylic acids is 2. The predicted octanol–water partition coefficient (Wildman–Crippen LogP) is 0.229. The molecule has 4 heterocycles. The average Bonchev–Trinajstić information content (AvgIpc) is 3.10. The first-order valence-electron chi connectivity index (χ1n) is 7.59. The van der Waals surface area contributed by atoms with E-state index in [0.29, 0.717) is 37.3 Å². The molecule has 9 heteroatoms. The molecular weight excluding hydrogens is 300 g/mol. The van der Waals surface area contributed by atoms with Crippen molar-refractivity contribution < 1.29 is 14.3 Å². The van der Waals surface area contributed by atoms with Gasteiger partial charge in [-0.2, -0.15) is 0 Å². The fourth-order valence-corrected chi connectivity index (χ4v) is 3.21. The van der Waals surface area contributed by atoms with Crippen LogP contribution in [0.4, 0.5) is 4.79 Å². The summed E-state index contributed by atoms with van der Waals surface area (Å²) < 4.78 is 6.94. The number of rotatable bonds is 1. The van der Waals surface area contributed by atoms with Gasteiger partial charge in [0.05, 0.1) is 6.54 Å². The molecule has 4 rings (SSSR count). The predicted molar refractivity (Wildman–Crippen MR) is 77.8 cm³/mol. The van der Waals surface area contributed by atoms with Gasteiger partial charge in [-0.15, -0.1) is 5.10 Å². The second-order valence-corrected chi connectivity index (χ2v) is 5.97. The maximum absolute atomic E-state index is 12.7. The third-order valence-electron chi connectivity index (χ3n) is 4.49. The summed E-state index contributed by atoms with van der Waals surface area (Å²) in [7, 11) is 0. The molecule has 23 heavy (non-hydrogen) atoms. The summed E-state index contributed by atoms with van der Waals surface area (Å²) in [6.07, 6.45) is 3.52. The molecule has 0 radical (unpaired) electrons. The normalized spacial score (nSPS) is 24.5. The van der Waals surface area contributed by atoms with Gasteiger partial charge in [0, 0.05) is 31.3 Å². The largest absolute Gasteiger partial charge is 0.441 e. The van der Waals surface area contributed by atoms with Gasteiger partial charge in [-0.3, -0.25) is 4.79 Å². The van der Waals surface area contributed by atoms with E-state index in [2.05, 4.69) is 20.8 Å². The summed E-state index contributed by atoms with van der Waals surface area (Å²) in [5.74, 6) is -0.0511. The quantitative estimate of drug-likeness (QED) is 0.808. The van der Waals surface area contributed by atoms with Gasteiger partial charge in [0.15, 0.2) is 5.65 Å². The van der Waals surface area contributed by atoms with Crippen LogP contribution in [-0.2, 0) is 4.74 Å². The van der Waals surface area contributed by atoms with Crippen molar-refractivity contribution in [3.8, 4) is 0 Å². The fourth-order valence-electron chi connectivity index (χ4n) is 3.21. The molecular formula is C14H16N6O3. The second-order valence-electron chi connectivity index (χ2n) is 5.97. The van der Waals surface area contributed by atoms with Crippen molar-refractivity contribution in [1.82, 2.24) is 30.3 Å². The third kappa shape index (κ3) is 2.47. The molecule has 2 saturated heterocycles. The molecule has 2 aliphatic heterocycles. The molecule has 9 nitrogen and oxygen atoms in total. The van der Waals surface area contributed by atoms with E-state index in [0.717, 1.165) is 12.8 Å². The van der Waals surface area contributed by atoms with Crippen LogP contribution >= 0.6 is 0 Å². The number of nitrogens with zero attached hydrogens (tertiary/aromatic N) is 5. The molecule has 2 amide bonds. The second kappa shape index (κ2) is 5.18. The molecule has 0 bridgehead atoms. The van der Waals surface area contributed by atoms with E-state index in [1.54, 1.807) is 23.2 Å². The van der Waals surface area contributed by atoms with Crippen LogP contribution in [0.1, 0.15) is 29.6 Å². The molecule has 2 aromatic heterocycles. The van der Waals surface area contributed by atoms with Crippen molar-refractivity contribution in [3.63, 3.8) is 0 Å². The van der Waals surface area contributed by atoms with E-state index in [-0.39, 0.29) is 12.0 Å². The summed E-state index contributed by atoms with van der Waals surface area (Å²) in [4.78, 5) is 25.8. The third-order valence-corrected chi connectivity index (χ3v) is 4.49. The molecule has 0 saturated carbocycles. The Labute approximate surface area is 131 Å². The van der Waals surface area contributed by atoms with Gasteiger partial charge < -0.3 is 15.0 Å². The Balaban J connectivity index is 1.51. The van der Waals surface area contributed by atoms with Gasteiger partial charge in [-0.1, -0.05) is 0 Å². The summed E-state index contributed by atoms with van der Waals surface area (Å²) in [5, 5.41) is 13.9. The van der Waals surface area contributed by atoms with Gasteiger partial charge in [0.1, 0.15) is 5.60 Å². The van der Waals surface area contributed by atoms with E-state index in [1.165, 1.54) is 4.52 Å². The van der Waals surface area contributed by atoms with Gasteiger partial charge in [0.2, 0.25) is 0 Å². The number of aromatic nitrogens is 4. The van der Waals surface area contributed by atoms with E-state index in [4.69, 9.17) is 4.74 Å². The number of amides is 2. The molecule has 2 aromatic rings. The minimum Gasteiger partial charge on any atom is -0.441 e. The van der Waals surface area contributed by atoms with Crippen molar-refractivity contribution in [2.75, 3.05) is 19.6 Å². The van der Waals surface area contributed by atoms with Crippen LogP contribution in [0.2, 0.25) is 0 Å². The molecule has 2 aliphatic rings. The Bertz CT molecular complexity index is 775. The monoisotopic (exact) mass is 316 g/mol. The van der Waals surface area contributed by atoms with Crippen molar-refractivity contribution in [2.24, 2.45) is 0 Å². The summed E-state index contributed by atoms with van der Waals surface area (Å²) in [6.45, 7) is 1.73. The van der Waals surface area contributed by atoms with E-state index < -0.39 is 5.60 Å². The minimum atomic E-state index is -0.465. The zero-order valence-electron chi connectivity index (χ0n) is 12.4. The maximum Gasteiger partial charge on any atom is 0.407 e. The number of pyridine rings is 1. The maximum atomic E-state index is 12.7. The van der Waals surface area contributed by atoms with E-state index in [9.17, 15) is 9.59 Å². The Morgan fingerprint density at radius 3 is 3.09 bits per heavy atom. The van der Waals surface area contributed by atoms with Crippen LogP contribution in [0, 0.1) is 0 Å². The number of fused-ring (bicyclic) bond motifs is 1. The molecule has 2 fully saturated rings. The zero-order chi connectivity index (χ0) is 15.9. The molecule has 1 atom stereocenters. The highest BCUT2D eigenvalue weighted by atomic mass is 16.6. The average molecular weight is 316 g/mol. The van der Waals surface area contributed by atoms with Crippen molar-refractivity contribution in [2.45, 2.75) is 24.9 Å². The lowest BCUT2D eigenvalue weighted by Crippen LogP contribution is -2.36. The Morgan fingerprint density at radius 2 is 2.26 bits per heavy atom. The first-order valence-corrected chi connectivity index (χ1v) is 7.59. The van der Waals surface area contributed by atoms with Crippen LogP contribution in [0.25, 0.3) is 5.65 Å². The van der Waals surface area contributed by atoms with Crippen molar-refractivity contribution >= 4 is 17.6 Å². The lowest BCUT2D eigenvalue weighted by molar-refractivity contribution is 0.0438. The van der Waals surface area contributed by atoms with Gasteiger partial charge in [0.25, 0.3) is 5.91 Å². The lowest BCUT2D eigenvalue weighted by Gasteiger charge is -2.25. The molecule has 1 N–H and O–H groups in total. The van der Waals surface area contributed by atoms with Crippen molar-refractivity contribution in [3.05, 3.63) is 23.9 Å². The molecule has 0 aromatic carbocycles. The number of hydrogen-bond donors (Lipinski definition) is 1. The van der Waals surface area contributed by atoms with Crippen LogP contribution in [0.15, 0.2) is 18.3 Å². The summed E-state index contributed by atoms with van der Waals surface area (Å²) in [6, 6.07) is 3.39. The smallest absolute Gasteiger partial charge is 0.407 e. The molecule has 0 unspecified atom stereocenters. The minimum absolute atomic E-state index is 0.0511. The first kappa shape index (κ1) is 13.9. The Morgan fingerprint density at radius 1 is 1.35 bits per heavy atom. The summed E-state index contributed by atoms with van der Waals surface area (Å²) in [5.41, 5.74) is 0.633. The van der Waals surface area contributed by atoms with Crippen molar-refractivity contribution in [1.29, 1.82) is 0 Å². The highest BCUT2D eigenvalue weighted by Gasteiger charge is 2.41. The fraction of sp³-hybridized carbons (Fsp3) is 0.500. The van der Waals surface area contributed by atoms with Crippen LogP contribution in [-0.4, -0.2) is 62.2 Å². The van der Waals surface area contributed by atoms with E-state index in [1.807, 2.05) is 0 Å². The number of likely N-dealkylation sites (tertiary alicyclic amines) is 1. The van der Waals surface area contributed by atoms with Crippen LogP contribution < -0.4 is 5.32 Å². The van der Waals surface area contributed by atoms with Crippen LogP contribution in [0.3, 0.4) is 0 Å². The number of alkyl carbamates (subject to hydrolysis) is 1. The summed E-state index contributed by atoms with van der Waals surface area (Å²) >= 11 is 0. The highest BCUT2D eigenvalue weighted by molar-refractivity contribution is 5.95. The highest BCUT2D eigenvalue weighted by Crippen LogP contribution is 2.29. The molecule has 120 valence electrons. The topological polar surface area (TPSA) is 102 Å². The number of tetrazole rings is 1. The number of ether oxygens (including phenoxy) is 1. The SMILES string of the molecule is O=C1NC[C@@]2(CCCN(C(=O)c3ccn4nnnc4c3)CC2)O1. The molecule has 0 aliphatic carbocycles. The zero-order valence-corrected chi connectivity index (χ0v) is 12.4. The van der Waals surface area contributed by atoms with Gasteiger partial charge in [-0.05, 0) is 35.4 Å². The number of hydrogen-bond acceptors (Lipinski definition) is 6. The van der Waals surface area contributed by atoms with E-state index >= 15 is 0 Å². The first-order chi connectivity index (χ1) is 11.2.